The molecule has 1 unspecified atom stereocenters. The molecule has 0 aromatic heterocycles. The lowest BCUT2D eigenvalue weighted by Gasteiger charge is -2.18. The van der Waals surface area contributed by atoms with E-state index in [-0.39, 0.29) is 0 Å². The highest BCUT2D eigenvalue weighted by atomic mass is 32.2. The Kier molecular flexibility index (Phi) is 2.17. The van der Waals surface area contributed by atoms with Crippen molar-refractivity contribution in [1.82, 2.24) is 4.83 Å². The Morgan fingerprint density at radius 1 is 1.43 bits per heavy atom. The molecular formula is C9H8N2O2S. The van der Waals surface area contributed by atoms with Gasteiger partial charge in [-0.1, -0.05) is 30.3 Å². The van der Waals surface area contributed by atoms with Gasteiger partial charge < -0.3 is 5.11 Å². The lowest BCUT2D eigenvalue weighted by atomic mass is 10.00. The highest BCUT2D eigenvalue weighted by molar-refractivity contribution is 8.00. The van der Waals surface area contributed by atoms with Crippen molar-refractivity contribution in [1.29, 1.82) is 0 Å². The maximum atomic E-state index is 11.2. The number of nitrogens with zero attached hydrogens (tertiary/aromatic N) is 1. The van der Waals surface area contributed by atoms with Crippen molar-refractivity contribution < 1.29 is 9.90 Å². The second kappa shape index (κ2) is 3.34. The van der Waals surface area contributed by atoms with E-state index in [1.165, 1.54) is 6.21 Å². The first-order valence-electron chi connectivity index (χ1n) is 4.02. The number of aliphatic carboxylic acids is 1. The van der Waals surface area contributed by atoms with E-state index in [0.29, 0.717) is 5.56 Å². The number of nitrogens with one attached hydrogen (secondary N) is 1. The highest BCUT2D eigenvalue weighted by Crippen LogP contribution is 2.36. The topological polar surface area (TPSA) is 61.7 Å². The third kappa shape index (κ3) is 1.26. The van der Waals surface area contributed by atoms with Crippen LogP contribution in [0.5, 0.6) is 0 Å². The first kappa shape index (κ1) is 9.08. The third-order valence-corrected chi connectivity index (χ3v) is 3.06. The minimum atomic E-state index is -1.08. The fraction of sp³-hybridized carbons (Fsp3) is 0.111. The summed E-state index contributed by atoms with van der Waals surface area (Å²) in [5.74, 6) is -0.914. The molecule has 0 spiro atoms. The predicted octanol–water partition coefficient (Wildman–Crippen LogP) is 1.20. The van der Waals surface area contributed by atoms with Crippen LogP contribution in [0.15, 0.2) is 35.4 Å². The molecule has 5 heteroatoms. The van der Waals surface area contributed by atoms with Crippen LogP contribution in [0.3, 0.4) is 0 Å². The molecule has 0 radical (unpaired) electrons. The monoisotopic (exact) mass is 208 g/mol. The van der Waals surface area contributed by atoms with Crippen molar-refractivity contribution in [2.45, 2.75) is 4.75 Å². The summed E-state index contributed by atoms with van der Waals surface area (Å²) in [5, 5.41) is 12.9. The fourth-order valence-corrected chi connectivity index (χ4v) is 1.98. The Morgan fingerprint density at radius 2 is 2.14 bits per heavy atom. The van der Waals surface area contributed by atoms with Crippen molar-refractivity contribution in [3.05, 3.63) is 35.9 Å². The molecule has 1 aromatic carbocycles. The van der Waals surface area contributed by atoms with Gasteiger partial charge in [-0.3, -0.25) is 4.83 Å². The van der Waals surface area contributed by atoms with Gasteiger partial charge in [-0.25, -0.2) is 4.79 Å². The maximum absolute atomic E-state index is 11.2. The summed E-state index contributed by atoms with van der Waals surface area (Å²) in [4.78, 5) is 13.8. The molecule has 0 bridgehead atoms. The van der Waals surface area contributed by atoms with Crippen molar-refractivity contribution in [3.63, 3.8) is 0 Å². The van der Waals surface area contributed by atoms with Gasteiger partial charge in [-0.05, 0) is 17.5 Å². The van der Waals surface area contributed by atoms with E-state index in [9.17, 15) is 4.79 Å². The minimum Gasteiger partial charge on any atom is -0.480 e. The molecule has 1 atom stereocenters. The smallest absolute Gasteiger partial charge is 0.331 e. The second-order valence-corrected chi connectivity index (χ2v) is 3.89. The Bertz CT molecular complexity index is 380. The normalized spacial score (nSPS) is 24.6. The zero-order chi connectivity index (χ0) is 10.0. The van der Waals surface area contributed by atoms with Crippen LogP contribution in [0.4, 0.5) is 0 Å². The van der Waals surface area contributed by atoms with Gasteiger partial charge in [0.2, 0.25) is 0 Å². The zero-order valence-corrected chi connectivity index (χ0v) is 7.99. The van der Waals surface area contributed by atoms with E-state index in [1.807, 2.05) is 18.2 Å². The van der Waals surface area contributed by atoms with Crippen LogP contribution in [0, 0.1) is 0 Å². The third-order valence-electron chi connectivity index (χ3n) is 2.03. The van der Waals surface area contributed by atoms with Gasteiger partial charge in [0.25, 0.3) is 0 Å². The first-order valence-corrected chi connectivity index (χ1v) is 4.83. The number of hydrazone groups is 1. The number of carboxylic acid groups (broad SMARTS) is 1. The van der Waals surface area contributed by atoms with Gasteiger partial charge in [-0.15, -0.1) is 0 Å². The summed E-state index contributed by atoms with van der Waals surface area (Å²) in [6.07, 6.45) is 1.41. The molecular weight excluding hydrogens is 200 g/mol. The Labute approximate surface area is 85.1 Å². The largest absolute Gasteiger partial charge is 0.480 e. The number of benzene rings is 1. The highest BCUT2D eigenvalue weighted by Gasteiger charge is 2.43. The lowest BCUT2D eigenvalue weighted by molar-refractivity contribution is -0.138. The van der Waals surface area contributed by atoms with Gasteiger partial charge in [-0.2, -0.15) is 5.10 Å². The molecule has 1 aliphatic heterocycles. The molecule has 4 nitrogen and oxygen atoms in total. The van der Waals surface area contributed by atoms with E-state index in [0.717, 1.165) is 11.9 Å². The van der Waals surface area contributed by atoms with Crippen LogP contribution >= 0.6 is 11.9 Å². The minimum absolute atomic E-state index is 0.714. The first-order chi connectivity index (χ1) is 6.76. The van der Waals surface area contributed by atoms with E-state index in [2.05, 4.69) is 9.93 Å². The molecule has 0 saturated carbocycles. The van der Waals surface area contributed by atoms with E-state index < -0.39 is 10.7 Å². The van der Waals surface area contributed by atoms with E-state index in [1.54, 1.807) is 12.1 Å². The fourth-order valence-electron chi connectivity index (χ4n) is 1.28. The van der Waals surface area contributed by atoms with Crippen LogP contribution in [0.1, 0.15) is 5.56 Å². The lowest BCUT2D eigenvalue weighted by Crippen LogP contribution is -2.32. The van der Waals surface area contributed by atoms with E-state index >= 15 is 0 Å². The van der Waals surface area contributed by atoms with Gasteiger partial charge in [0.05, 0.1) is 6.21 Å². The molecule has 2 N–H and O–H groups in total. The van der Waals surface area contributed by atoms with Gasteiger partial charge in [0, 0.05) is 0 Å². The molecule has 0 aliphatic carbocycles. The summed E-state index contributed by atoms with van der Waals surface area (Å²) < 4.78 is -1.08. The summed E-state index contributed by atoms with van der Waals surface area (Å²) in [6, 6.07) is 9.03. The molecule has 14 heavy (non-hydrogen) atoms. The van der Waals surface area contributed by atoms with E-state index in [4.69, 9.17) is 5.11 Å². The van der Waals surface area contributed by atoms with Crippen LogP contribution in [-0.2, 0) is 9.54 Å². The molecule has 0 saturated heterocycles. The molecule has 0 amide bonds. The van der Waals surface area contributed by atoms with Crippen LogP contribution < -0.4 is 4.83 Å². The number of hydrogen-bond donors (Lipinski definition) is 2. The van der Waals surface area contributed by atoms with Crippen LogP contribution in [-0.4, -0.2) is 17.3 Å². The summed E-state index contributed by atoms with van der Waals surface area (Å²) >= 11 is 1.08. The quantitative estimate of drug-likeness (QED) is 0.717. The summed E-state index contributed by atoms with van der Waals surface area (Å²) in [5.41, 5.74) is 0.714. The van der Waals surface area contributed by atoms with Crippen LogP contribution in [0.2, 0.25) is 0 Å². The molecule has 2 rings (SSSR count). The van der Waals surface area contributed by atoms with Crippen molar-refractivity contribution in [3.8, 4) is 0 Å². The van der Waals surface area contributed by atoms with Crippen molar-refractivity contribution in [2.24, 2.45) is 5.10 Å². The molecule has 1 aliphatic rings. The van der Waals surface area contributed by atoms with Crippen LogP contribution in [0.25, 0.3) is 0 Å². The number of carbonyl (C=O) groups is 1. The average Bonchev–Trinajstić information content (AvgIpc) is 2.69. The molecule has 72 valence electrons. The van der Waals surface area contributed by atoms with Crippen molar-refractivity contribution >= 4 is 24.1 Å². The average molecular weight is 208 g/mol. The van der Waals surface area contributed by atoms with Gasteiger partial charge in [0.1, 0.15) is 0 Å². The predicted molar refractivity (Wildman–Crippen MR) is 55.0 cm³/mol. The van der Waals surface area contributed by atoms with Gasteiger partial charge in [0.15, 0.2) is 4.75 Å². The Balaban J connectivity index is 2.47. The second-order valence-electron chi connectivity index (χ2n) is 2.86. The number of rotatable bonds is 2. The summed E-state index contributed by atoms with van der Waals surface area (Å²) in [6.45, 7) is 0. The maximum Gasteiger partial charge on any atom is 0.331 e. The molecule has 0 fully saturated rings. The number of carboxylic acids is 1. The molecule has 1 heterocycles. The number of hydrogen-bond acceptors (Lipinski definition) is 4. The Morgan fingerprint density at radius 3 is 2.64 bits per heavy atom. The molecule has 1 aromatic rings. The van der Waals surface area contributed by atoms with Gasteiger partial charge >= 0.3 is 5.97 Å². The Hall–Kier alpha value is -1.49. The zero-order valence-electron chi connectivity index (χ0n) is 7.18. The van der Waals surface area contributed by atoms with Crippen molar-refractivity contribution in [2.75, 3.05) is 0 Å². The summed E-state index contributed by atoms with van der Waals surface area (Å²) in [7, 11) is 0. The standard InChI is InChI=1S/C9H8N2O2S/c12-8(13)9(6-10-11-14-9)7-4-2-1-3-5-7/h1-6,11H,(H,12,13). The SMILES string of the molecule is O=C(O)C1(c2ccccc2)C=NNS1.